The van der Waals surface area contributed by atoms with Crippen LogP contribution in [0.1, 0.15) is 11.3 Å². The van der Waals surface area contributed by atoms with Gasteiger partial charge in [-0.2, -0.15) is 13.2 Å². The molecule has 1 aromatic carbocycles. The lowest BCUT2D eigenvalue weighted by atomic mass is 10.2. The van der Waals surface area contributed by atoms with Crippen LogP contribution in [-0.4, -0.2) is 4.98 Å². The Kier molecular flexibility index (Phi) is 3.76. The molecule has 0 aliphatic carbocycles. The molecule has 7 heteroatoms. The van der Waals surface area contributed by atoms with Gasteiger partial charge in [-0.3, -0.25) is 0 Å². The van der Waals surface area contributed by atoms with E-state index in [2.05, 4.69) is 10.3 Å². The van der Waals surface area contributed by atoms with E-state index in [1.165, 1.54) is 6.07 Å². The molecule has 0 fully saturated rings. The number of anilines is 3. The Morgan fingerprint density at radius 2 is 1.90 bits per heavy atom. The number of alkyl halides is 3. The number of benzene rings is 1. The number of nitrogens with zero attached hydrogens (tertiary/aromatic N) is 1. The van der Waals surface area contributed by atoms with Crippen molar-refractivity contribution in [2.45, 2.75) is 13.1 Å². The van der Waals surface area contributed by atoms with E-state index in [0.717, 1.165) is 12.1 Å². The van der Waals surface area contributed by atoms with E-state index in [1.54, 1.807) is 19.1 Å². The molecule has 20 heavy (non-hydrogen) atoms. The number of hydrogen-bond acceptors (Lipinski definition) is 3. The van der Waals surface area contributed by atoms with Crippen molar-refractivity contribution in [1.29, 1.82) is 0 Å². The Hall–Kier alpha value is -1.95. The maximum Gasteiger partial charge on any atom is 0.416 e. The largest absolute Gasteiger partial charge is 0.416 e. The van der Waals surface area contributed by atoms with E-state index in [9.17, 15) is 13.2 Å². The Labute approximate surface area is 118 Å². The lowest BCUT2D eigenvalue weighted by Gasteiger charge is -2.12. The van der Waals surface area contributed by atoms with Crippen LogP contribution in [0.2, 0.25) is 5.02 Å². The first-order chi connectivity index (χ1) is 9.27. The van der Waals surface area contributed by atoms with Gasteiger partial charge in [-0.25, -0.2) is 4.98 Å². The van der Waals surface area contributed by atoms with Crippen molar-refractivity contribution in [2.24, 2.45) is 0 Å². The second-order valence-electron chi connectivity index (χ2n) is 4.19. The Balaban J connectivity index is 2.28. The van der Waals surface area contributed by atoms with Crippen LogP contribution in [-0.2, 0) is 6.18 Å². The highest BCUT2D eigenvalue weighted by Crippen LogP contribution is 2.34. The minimum atomic E-state index is -4.42. The summed E-state index contributed by atoms with van der Waals surface area (Å²) >= 11 is 5.84. The van der Waals surface area contributed by atoms with E-state index in [0.29, 0.717) is 22.9 Å². The number of aromatic nitrogens is 1. The van der Waals surface area contributed by atoms with Gasteiger partial charge in [0.1, 0.15) is 5.82 Å². The summed E-state index contributed by atoms with van der Waals surface area (Å²) in [5.41, 5.74) is 6.34. The van der Waals surface area contributed by atoms with Crippen LogP contribution in [0.3, 0.4) is 0 Å². The lowest BCUT2D eigenvalue weighted by Crippen LogP contribution is -2.05. The molecule has 0 saturated carbocycles. The van der Waals surface area contributed by atoms with E-state index in [1.807, 2.05) is 0 Å². The van der Waals surface area contributed by atoms with Crippen LogP contribution in [0, 0.1) is 6.92 Å². The fourth-order valence-corrected chi connectivity index (χ4v) is 1.80. The second-order valence-corrected chi connectivity index (χ2v) is 4.60. The summed E-state index contributed by atoms with van der Waals surface area (Å²) in [6.45, 7) is 1.73. The van der Waals surface area contributed by atoms with Gasteiger partial charge < -0.3 is 11.1 Å². The van der Waals surface area contributed by atoms with Crippen LogP contribution in [0.25, 0.3) is 0 Å². The molecule has 0 saturated heterocycles. The van der Waals surface area contributed by atoms with Crippen molar-refractivity contribution >= 4 is 28.8 Å². The second kappa shape index (κ2) is 5.20. The summed E-state index contributed by atoms with van der Waals surface area (Å²) in [6.07, 6.45) is -4.42. The molecule has 106 valence electrons. The quantitative estimate of drug-likeness (QED) is 0.865. The van der Waals surface area contributed by atoms with Gasteiger partial charge in [0.05, 0.1) is 27.7 Å². The van der Waals surface area contributed by atoms with Crippen molar-refractivity contribution in [3.63, 3.8) is 0 Å². The number of halogens is 4. The normalized spacial score (nSPS) is 11.4. The van der Waals surface area contributed by atoms with Crippen LogP contribution in [0.4, 0.5) is 30.4 Å². The number of aryl methyl sites for hydroxylation is 1. The van der Waals surface area contributed by atoms with Crippen LogP contribution in [0.15, 0.2) is 30.3 Å². The number of nitrogens with one attached hydrogen (secondary N) is 1. The maximum absolute atomic E-state index is 12.5. The number of nitrogens with two attached hydrogens (primary N) is 1. The third kappa shape index (κ3) is 3.14. The molecule has 1 heterocycles. The Bertz CT molecular complexity index is 641. The van der Waals surface area contributed by atoms with Gasteiger partial charge in [0.15, 0.2) is 0 Å². The van der Waals surface area contributed by atoms with Crippen molar-refractivity contribution in [1.82, 2.24) is 4.98 Å². The van der Waals surface area contributed by atoms with Gasteiger partial charge in [0.25, 0.3) is 0 Å². The van der Waals surface area contributed by atoms with Gasteiger partial charge in [0.2, 0.25) is 0 Å². The third-order valence-corrected chi connectivity index (χ3v) is 3.00. The summed E-state index contributed by atoms with van der Waals surface area (Å²) in [5, 5.41) is 2.82. The van der Waals surface area contributed by atoms with Crippen molar-refractivity contribution in [3.05, 3.63) is 46.6 Å². The zero-order valence-electron chi connectivity index (χ0n) is 10.4. The van der Waals surface area contributed by atoms with Crippen molar-refractivity contribution in [2.75, 3.05) is 11.1 Å². The average Bonchev–Trinajstić information content (AvgIpc) is 2.35. The molecular weight excluding hydrogens is 291 g/mol. The third-order valence-electron chi connectivity index (χ3n) is 2.69. The zero-order valence-corrected chi connectivity index (χ0v) is 11.2. The molecule has 2 aromatic rings. The lowest BCUT2D eigenvalue weighted by molar-refractivity contribution is -0.137. The highest BCUT2D eigenvalue weighted by molar-refractivity contribution is 6.33. The minimum absolute atomic E-state index is 0.0314. The summed E-state index contributed by atoms with van der Waals surface area (Å²) in [5.74, 6) is 0.457. The van der Waals surface area contributed by atoms with Gasteiger partial charge in [-0.1, -0.05) is 11.6 Å². The van der Waals surface area contributed by atoms with Crippen LogP contribution in [0.5, 0.6) is 0 Å². The molecule has 3 nitrogen and oxygen atoms in total. The predicted octanol–water partition coefficient (Wildman–Crippen LogP) is 4.39. The first-order valence-electron chi connectivity index (χ1n) is 5.64. The summed E-state index contributed by atoms with van der Waals surface area (Å²) < 4.78 is 37.6. The monoisotopic (exact) mass is 301 g/mol. The van der Waals surface area contributed by atoms with Gasteiger partial charge in [0, 0.05) is 0 Å². The van der Waals surface area contributed by atoms with Crippen molar-refractivity contribution in [3.8, 4) is 0 Å². The summed E-state index contributed by atoms with van der Waals surface area (Å²) in [7, 11) is 0. The highest BCUT2D eigenvalue weighted by Gasteiger charge is 2.30. The van der Waals surface area contributed by atoms with E-state index < -0.39 is 11.7 Å². The zero-order chi connectivity index (χ0) is 14.9. The Morgan fingerprint density at radius 1 is 1.20 bits per heavy atom. The van der Waals surface area contributed by atoms with E-state index >= 15 is 0 Å². The number of hydrogen-bond donors (Lipinski definition) is 2. The number of nitrogen functional groups attached to an aromatic ring is 1. The maximum atomic E-state index is 12.5. The van der Waals surface area contributed by atoms with Crippen molar-refractivity contribution < 1.29 is 13.2 Å². The SMILES string of the molecule is Cc1nc(Nc2ccc(C(F)(F)F)cc2Cl)ccc1N. The minimum Gasteiger partial charge on any atom is -0.397 e. The molecule has 0 amide bonds. The number of rotatable bonds is 2. The predicted molar refractivity (Wildman–Crippen MR) is 73.1 cm³/mol. The average molecular weight is 302 g/mol. The molecule has 0 aliphatic rings. The van der Waals surface area contributed by atoms with Crippen LogP contribution >= 0.6 is 11.6 Å². The summed E-state index contributed by atoms with van der Waals surface area (Å²) in [6, 6.07) is 6.37. The molecule has 1 aromatic heterocycles. The molecule has 0 spiro atoms. The topological polar surface area (TPSA) is 50.9 Å². The molecule has 0 aliphatic heterocycles. The molecule has 0 bridgehead atoms. The molecule has 2 rings (SSSR count). The fourth-order valence-electron chi connectivity index (χ4n) is 1.57. The molecule has 0 atom stereocenters. The first-order valence-corrected chi connectivity index (χ1v) is 6.02. The van der Waals surface area contributed by atoms with Gasteiger partial charge in [-0.05, 0) is 37.3 Å². The van der Waals surface area contributed by atoms with E-state index in [-0.39, 0.29) is 5.02 Å². The van der Waals surface area contributed by atoms with Gasteiger partial charge in [-0.15, -0.1) is 0 Å². The fraction of sp³-hybridized carbons (Fsp3) is 0.154. The number of pyridine rings is 1. The smallest absolute Gasteiger partial charge is 0.397 e. The van der Waals surface area contributed by atoms with Crippen LogP contribution < -0.4 is 11.1 Å². The molecule has 0 radical (unpaired) electrons. The highest BCUT2D eigenvalue weighted by atomic mass is 35.5. The molecule has 0 unspecified atom stereocenters. The first kappa shape index (κ1) is 14.5. The molecular formula is C13H11ClF3N3. The summed E-state index contributed by atoms with van der Waals surface area (Å²) in [4.78, 5) is 4.16. The van der Waals surface area contributed by atoms with Gasteiger partial charge >= 0.3 is 6.18 Å². The molecule has 3 N–H and O–H groups in total. The standard InChI is InChI=1S/C13H11ClF3N3/c1-7-10(18)3-5-12(19-7)20-11-4-2-8(6-9(11)14)13(15,16)17/h2-6H,18H2,1H3,(H,19,20). The Morgan fingerprint density at radius 3 is 2.45 bits per heavy atom. The van der Waals surface area contributed by atoms with E-state index in [4.69, 9.17) is 17.3 Å².